The van der Waals surface area contributed by atoms with E-state index in [-0.39, 0.29) is 0 Å². The van der Waals surface area contributed by atoms with E-state index >= 15 is 0 Å². The van der Waals surface area contributed by atoms with Gasteiger partial charge in [-0.3, -0.25) is 0 Å². The first kappa shape index (κ1) is 15.3. The van der Waals surface area contributed by atoms with Crippen molar-refractivity contribution in [2.75, 3.05) is 19.3 Å². The first-order chi connectivity index (χ1) is 8.43. The lowest BCUT2D eigenvalue weighted by Gasteiger charge is -2.11. The van der Waals surface area contributed by atoms with E-state index in [1.54, 1.807) is 23.9 Å². The molecule has 5 heteroatoms. The second-order valence-corrected chi connectivity index (χ2v) is 7.65. The monoisotopic (exact) mass is 285 g/mol. The van der Waals surface area contributed by atoms with Crippen molar-refractivity contribution in [1.29, 1.82) is 0 Å². The molecule has 1 N–H and O–H groups in total. The standard InChI is InChI=1S/C13H19NO2S2/c1-4-9-14-10-11(2)17-12-5-7-13(8-6-12)18(3,15)16/h4-8,11,14H,1,9-10H2,2-3H3. The second kappa shape index (κ2) is 6.97. The molecule has 0 saturated heterocycles. The predicted octanol–water partition coefficient (Wildman–Crippen LogP) is 2.35. The van der Waals surface area contributed by atoms with Crippen LogP contribution in [0, 0.1) is 0 Å². The summed E-state index contributed by atoms with van der Waals surface area (Å²) < 4.78 is 22.6. The molecule has 0 fully saturated rings. The number of sulfone groups is 1. The molecule has 0 radical (unpaired) electrons. The maximum atomic E-state index is 11.3. The van der Waals surface area contributed by atoms with Gasteiger partial charge in [-0.25, -0.2) is 8.42 Å². The van der Waals surface area contributed by atoms with Gasteiger partial charge in [0.25, 0.3) is 0 Å². The lowest BCUT2D eigenvalue weighted by molar-refractivity contribution is 0.602. The molecule has 0 aliphatic heterocycles. The molecule has 0 aromatic heterocycles. The van der Waals surface area contributed by atoms with Gasteiger partial charge in [0.2, 0.25) is 0 Å². The van der Waals surface area contributed by atoms with Crippen molar-refractivity contribution in [3.8, 4) is 0 Å². The maximum absolute atomic E-state index is 11.3. The quantitative estimate of drug-likeness (QED) is 0.474. The fourth-order valence-corrected chi connectivity index (χ4v) is 3.02. The molecule has 0 amide bonds. The lowest BCUT2D eigenvalue weighted by atomic mass is 10.4. The van der Waals surface area contributed by atoms with Crippen molar-refractivity contribution in [2.45, 2.75) is 22.0 Å². The van der Waals surface area contributed by atoms with Crippen LogP contribution in [0.1, 0.15) is 6.92 Å². The van der Waals surface area contributed by atoms with Gasteiger partial charge < -0.3 is 5.32 Å². The van der Waals surface area contributed by atoms with E-state index in [2.05, 4.69) is 18.8 Å². The number of thioether (sulfide) groups is 1. The highest BCUT2D eigenvalue weighted by atomic mass is 32.2. The lowest BCUT2D eigenvalue weighted by Crippen LogP contribution is -2.22. The maximum Gasteiger partial charge on any atom is 0.175 e. The highest BCUT2D eigenvalue weighted by Crippen LogP contribution is 2.24. The summed E-state index contributed by atoms with van der Waals surface area (Å²) in [7, 11) is -3.10. The smallest absolute Gasteiger partial charge is 0.175 e. The van der Waals surface area contributed by atoms with Gasteiger partial charge in [-0.1, -0.05) is 13.0 Å². The largest absolute Gasteiger partial charge is 0.312 e. The van der Waals surface area contributed by atoms with Gasteiger partial charge in [-0.2, -0.15) is 0 Å². The van der Waals surface area contributed by atoms with Crippen LogP contribution in [0.15, 0.2) is 46.7 Å². The molecule has 3 nitrogen and oxygen atoms in total. The zero-order valence-corrected chi connectivity index (χ0v) is 12.4. The molecule has 0 saturated carbocycles. The van der Waals surface area contributed by atoms with Gasteiger partial charge in [-0.05, 0) is 24.3 Å². The van der Waals surface area contributed by atoms with Gasteiger partial charge in [0.1, 0.15) is 0 Å². The molecule has 1 atom stereocenters. The Balaban J connectivity index is 2.56. The van der Waals surface area contributed by atoms with E-state index in [0.29, 0.717) is 10.1 Å². The zero-order chi connectivity index (χ0) is 13.6. The number of nitrogens with one attached hydrogen (secondary N) is 1. The van der Waals surface area contributed by atoms with Crippen molar-refractivity contribution in [3.63, 3.8) is 0 Å². The number of benzene rings is 1. The molecular formula is C13H19NO2S2. The van der Waals surface area contributed by atoms with Crippen molar-refractivity contribution >= 4 is 21.6 Å². The third kappa shape index (κ3) is 5.25. The molecule has 0 aliphatic rings. The number of hydrogen-bond acceptors (Lipinski definition) is 4. The van der Waals surface area contributed by atoms with Crippen LogP contribution in [0.2, 0.25) is 0 Å². The third-order valence-corrected chi connectivity index (χ3v) is 4.55. The fraction of sp³-hybridized carbons (Fsp3) is 0.385. The summed E-state index contributed by atoms with van der Waals surface area (Å²) in [5, 5.41) is 3.68. The van der Waals surface area contributed by atoms with Crippen LogP contribution in [0.25, 0.3) is 0 Å². The summed E-state index contributed by atoms with van der Waals surface area (Å²) in [6, 6.07) is 7.01. The molecule has 18 heavy (non-hydrogen) atoms. The van der Waals surface area contributed by atoms with Gasteiger partial charge in [-0.15, -0.1) is 18.3 Å². The SMILES string of the molecule is C=CCNCC(C)Sc1ccc(S(C)(=O)=O)cc1. The van der Waals surface area contributed by atoms with E-state index < -0.39 is 9.84 Å². The van der Waals surface area contributed by atoms with Gasteiger partial charge in [0.15, 0.2) is 9.84 Å². The van der Waals surface area contributed by atoms with Crippen LogP contribution < -0.4 is 5.32 Å². The Morgan fingerprint density at radius 2 is 2.00 bits per heavy atom. The van der Waals surface area contributed by atoms with Gasteiger partial charge >= 0.3 is 0 Å². The Hall–Kier alpha value is -0.780. The Kier molecular flexibility index (Phi) is 5.91. The molecule has 0 spiro atoms. The minimum Gasteiger partial charge on any atom is -0.312 e. The van der Waals surface area contributed by atoms with E-state index in [0.717, 1.165) is 18.0 Å². The van der Waals surface area contributed by atoms with Gasteiger partial charge in [0, 0.05) is 29.5 Å². The van der Waals surface area contributed by atoms with Crippen LogP contribution in [0.5, 0.6) is 0 Å². The fourth-order valence-electron chi connectivity index (χ4n) is 1.43. The van der Waals surface area contributed by atoms with Crippen LogP contribution >= 0.6 is 11.8 Å². The molecule has 0 bridgehead atoms. The van der Waals surface area contributed by atoms with Crippen molar-refractivity contribution < 1.29 is 8.42 Å². The molecule has 1 unspecified atom stereocenters. The second-order valence-electron chi connectivity index (χ2n) is 4.12. The Labute approximate surface area is 114 Å². The third-order valence-electron chi connectivity index (χ3n) is 2.31. The summed E-state index contributed by atoms with van der Waals surface area (Å²) in [6.45, 7) is 7.48. The van der Waals surface area contributed by atoms with Crippen LogP contribution in [-0.2, 0) is 9.84 Å². The van der Waals surface area contributed by atoms with Crippen LogP contribution in [0.3, 0.4) is 0 Å². The molecule has 1 rings (SSSR count). The topological polar surface area (TPSA) is 46.2 Å². The molecule has 0 heterocycles. The van der Waals surface area contributed by atoms with Crippen LogP contribution in [-0.4, -0.2) is 33.0 Å². The predicted molar refractivity (Wildman–Crippen MR) is 77.9 cm³/mol. The minimum absolute atomic E-state index is 0.365. The number of hydrogen-bond donors (Lipinski definition) is 1. The zero-order valence-electron chi connectivity index (χ0n) is 10.7. The molecule has 1 aromatic carbocycles. The first-order valence-corrected chi connectivity index (χ1v) is 8.49. The molecule has 0 aliphatic carbocycles. The summed E-state index contributed by atoms with van der Waals surface area (Å²) in [6.07, 6.45) is 3.05. The molecule has 100 valence electrons. The van der Waals surface area contributed by atoms with E-state index in [1.807, 2.05) is 18.2 Å². The summed E-state index contributed by atoms with van der Waals surface area (Å²) in [5.41, 5.74) is 0. The Morgan fingerprint density at radius 3 is 2.50 bits per heavy atom. The van der Waals surface area contributed by atoms with Crippen molar-refractivity contribution in [2.24, 2.45) is 0 Å². The first-order valence-electron chi connectivity index (χ1n) is 5.72. The van der Waals surface area contributed by atoms with Crippen molar-refractivity contribution in [1.82, 2.24) is 5.32 Å². The molecular weight excluding hydrogens is 266 g/mol. The number of rotatable bonds is 7. The Bertz CT molecular complexity index is 480. The highest BCUT2D eigenvalue weighted by molar-refractivity contribution is 8.00. The van der Waals surface area contributed by atoms with E-state index in [1.165, 1.54) is 6.26 Å². The minimum atomic E-state index is -3.10. The van der Waals surface area contributed by atoms with E-state index in [9.17, 15) is 8.42 Å². The van der Waals surface area contributed by atoms with Gasteiger partial charge in [0.05, 0.1) is 4.90 Å². The summed E-state index contributed by atoms with van der Waals surface area (Å²) >= 11 is 1.72. The Morgan fingerprint density at radius 1 is 1.39 bits per heavy atom. The molecule has 1 aromatic rings. The van der Waals surface area contributed by atoms with Crippen LogP contribution in [0.4, 0.5) is 0 Å². The highest BCUT2D eigenvalue weighted by Gasteiger charge is 2.08. The summed E-state index contributed by atoms with van der Waals surface area (Å²) in [5.74, 6) is 0. The van der Waals surface area contributed by atoms with E-state index in [4.69, 9.17) is 0 Å². The summed E-state index contributed by atoms with van der Waals surface area (Å²) in [4.78, 5) is 1.44. The average Bonchev–Trinajstić information content (AvgIpc) is 2.29. The normalized spacial score (nSPS) is 13.2. The van der Waals surface area contributed by atoms with Crippen molar-refractivity contribution in [3.05, 3.63) is 36.9 Å². The average molecular weight is 285 g/mol.